The summed E-state index contributed by atoms with van der Waals surface area (Å²) in [6.07, 6.45) is 0. The Kier molecular flexibility index (Phi) is 11.1. The topological polar surface area (TPSA) is 6.48 Å². The van der Waals surface area contributed by atoms with Crippen LogP contribution in [0.25, 0.3) is 97.0 Å². The first-order chi connectivity index (χ1) is 37.1. The summed E-state index contributed by atoms with van der Waals surface area (Å²) in [4.78, 5) is 4.85. The van der Waals surface area contributed by atoms with Gasteiger partial charge in [-0.3, -0.25) is 0 Å². The van der Waals surface area contributed by atoms with E-state index in [-0.39, 0.29) is 0 Å². The zero-order chi connectivity index (χ0) is 49.7. The number of fused-ring (bicyclic) bond motifs is 6. The number of thiophene rings is 1. The Balaban J connectivity index is 0.854. The van der Waals surface area contributed by atoms with Crippen LogP contribution in [0.1, 0.15) is 0 Å². The van der Waals surface area contributed by atoms with E-state index in [1.54, 1.807) is 0 Å². The minimum absolute atomic E-state index is 1.08. The van der Waals surface area contributed by atoms with Crippen molar-refractivity contribution >= 4 is 98.0 Å². The van der Waals surface area contributed by atoms with Crippen molar-refractivity contribution < 1.29 is 0 Å². The van der Waals surface area contributed by atoms with E-state index in [1.807, 2.05) is 11.3 Å². The Hall–Kier alpha value is -9.54. The average molecular weight is 973 g/mol. The quantitative estimate of drug-likeness (QED) is 0.135. The molecule has 0 aliphatic heterocycles. The van der Waals surface area contributed by atoms with Gasteiger partial charge in [-0.2, -0.15) is 0 Å². The molecule has 0 N–H and O–H groups in total. The van der Waals surface area contributed by atoms with E-state index >= 15 is 0 Å². The van der Waals surface area contributed by atoms with Gasteiger partial charge in [0.1, 0.15) is 0 Å². The van der Waals surface area contributed by atoms with Crippen LogP contribution in [-0.4, -0.2) is 0 Å². The summed E-state index contributed by atoms with van der Waals surface area (Å²) in [6, 6.07) is 107. The molecule has 75 heavy (non-hydrogen) atoms. The first kappa shape index (κ1) is 44.2. The van der Waals surface area contributed by atoms with Gasteiger partial charge in [-0.15, -0.1) is 11.3 Å². The molecule has 13 aromatic carbocycles. The van der Waals surface area contributed by atoms with Crippen LogP contribution >= 0.6 is 11.3 Å². The fraction of sp³-hybridized carbons (Fsp3) is 0. The summed E-state index contributed by atoms with van der Waals surface area (Å²) in [5, 5.41) is 9.83. The molecule has 14 aromatic rings. The van der Waals surface area contributed by atoms with E-state index in [2.05, 4.69) is 301 Å². The van der Waals surface area contributed by atoms with Crippen molar-refractivity contribution in [2.24, 2.45) is 0 Å². The summed E-state index contributed by atoms with van der Waals surface area (Å²) >= 11 is 1.87. The lowest BCUT2D eigenvalue weighted by Gasteiger charge is -2.28. The zero-order valence-corrected chi connectivity index (χ0v) is 41.8. The highest BCUT2D eigenvalue weighted by Crippen LogP contribution is 2.45. The molecule has 0 aliphatic carbocycles. The molecule has 0 saturated carbocycles. The molecule has 2 nitrogen and oxygen atoms in total. The molecule has 0 fully saturated rings. The lowest BCUT2D eigenvalue weighted by atomic mass is 9.98. The fourth-order valence-corrected chi connectivity index (χ4v) is 12.2. The van der Waals surface area contributed by atoms with Gasteiger partial charge in [0.15, 0.2) is 0 Å². The molecule has 0 radical (unpaired) electrons. The third-order valence-electron chi connectivity index (χ3n) is 14.8. The molecular formula is C72H48N2S. The van der Waals surface area contributed by atoms with Gasteiger partial charge in [0, 0.05) is 53.7 Å². The SMILES string of the molecule is c1ccc(-c2ccc(-c3cccc(N(c4cccc(-c5cccc(N(c6ccc7cc(-c8ccc9c(c8)sc8ccccc89)ccc7c6)c6cccc7ccccc67)c5)c4)c4cccc5ccccc45)c3)cc2)cc1. The molecule has 14 rings (SSSR count). The van der Waals surface area contributed by atoms with E-state index in [1.165, 1.54) is 80.3 Å². The highest BCUT2D eigenvalue weighted by atomic mass is 32.1. The molecular weight excluding hydrogens is 925 g/mol. The van der Waals surface area contributed by atoms with E-state index < -0.39 is 0 Å². The molecule has 0 spiro atoms. The van der Waals surface area contributed by atoms with Crippen molar-refractivity contribution in [1.82, 2.24) is 0 Å². The van der Waals surface area contributed by atoms with Crippen LogP contribution in [0.4, 0.5) is 34.1 Å². The highest BCUT2D eigenvalue weighted by Gasteiger charge is 2.20. The van der Waals surface area contributed by atoms with Gasteiger partial charge in [0.25, 0.3) is 0 Å². The van der Waals surface area contributed by atoms with Gasteiger partial charge in [-0.05, 0) is 145 Å². The second-order valence-corrected chi connectivity index (χ2v) is 20.4. The lowest BCUT2D eigenvalue weighted by Crippen LogP contribution is -2.11. The number of benzene rings is 13. The Labute approximate surface area is 440 Å². The summed E-state index contributed by atoms with van der Waals surface area (Å²) in [6.45, 7) is 0. The van der Waals surface area contributed by atoms with E-state index in [0.717, 1.165) is 50.8 Å². The van der Waals surface area contributed by atoms with Crippen LogP contribution < -0.4 is 9.80 Å². The van der Waals surface area contributed by atoms with Crippen LogP contribution in [0.2, 0.25) is 0 Å². The summed E-state index contributed by atoms with van der Waals surface area (Å²) < 4.78 is 2.64. The molecule has 0 atom stereocenters. The number of rotatable bonds is 10. The van der Waals surface area contributed by atoms with E-state index in [0.29, 0.717) is 0 Å². The smallest absolute Gasteiger partial charge is 0.0540 e. The number of anilines is 6. The predicted molar refractivity (Wildman–Crippen MR) is 323 cm³/mol. The summed E-state index contributed by atoms with van der Waals surface area (Å²) in [7, 11) is 0. The first-order valence-corrected chi connectivity index (χ1v) is 26.4. The number of nitrogens with zero attached hydrogens (tertiary/aromatic N) is 2. The molecule has 1 aromatic heterocycles. The first-order valence-electron chi connectivity index (χ1n) is 25.6. The predicted octanol–water partition coefficient (Wildman–Crippen LogP) is 21.1. The van der Waals surface area contributed by atoms with Crippen molar-refractivity contribution in [2.45, 2.75) is 0 Å². The molecule has 0 aliphatic rings. The van der Waals surface area contributed by atoms with Crippen molar-refractivity contribution in [2.75, 3.05) is 9.80 Å². The van der Waals surface area contributed by atoms with Crippen molar-refractivity contribution in [3.63, 3.8) is 0 Å². The molecule has 352 valence electrons. The minimum atomic E-state index is 1.08. The Morgan fingerprint density at radius 3 is 1.21 bits per heavy atom. The third kappa shape index (κ3) is 8.26. The van der Waals surface area contributed by atoms with Crippen molar-refractivity contribution in [1.29, 1.82) is 0 Å². The van der Waals surface area contributed by atoms with E-state index in [4.69, 9.17) is 0 Å². The van der Waals surface area contributed by atoms with Gasteiger partial charge in [0.2, 0.25) is 0 Å². The molecule has 3 heteroatoms. The maximum absolute atomic E-state index is 2.43. The second kappa shape index (κ2) is 18.8. The minimum Gasteiger partial charge on any atom is -0.310 e. The van der Waals surface area contributed by atoms with Crippen LogP contribution in [-0.2, 0) is 0 Å². The molecule has 1 heterocycles. The van der Waals surface area contributed by atoms with Crippen molar-refractivity contribution in [3.05, 3.63) is 291 Å². The third-order valence-corrected chi connectivity index (χ3v) is 15.9. The van der Waals surface area contributed by atoms with Crippen LogP contribution in [0.3, 0.4) is 0 Å². The summed E-state index contributed by atoms with van der Waals surface area (Å²) in [5.74, 6) is 0. The largest absolute Gasteiger partial charge is 0.310 e. The normalized spacial score (nSPS) is 11.5. The van der Waals surface area contributed by atoms with Gasteiger partial charge in [-0.1, -0.05) is 212 Å². The van der Waals surface area contributed by atoms with Crippen LogP contribution in [0, 0.1) is 0 Å². The Bertz CT molecular complexity index is 4430. The number of hydrogen-bond acceptors (Lipinski definition) is 3. The summed E-state index contributed by atoms with van der Waals surface area (Å²) in [5.41, 5.74) is 16.1. The lowest BCUT2D eigenvalue weighted by molar-refractivity contribution is 1.29. The Morgan fingerprint density at radius 2 is 0.587 bits per heavy atom. The van der Waals surface area contributed by atoms with Gasteiger partial charge in [0.05, 0.1) is 11.4 Å². The molecule has 0 amide bonds. The van der Waals surface area contributed by atoms with Gasteiger partial charge >= 0.3 is 0 Å². The average Bonchev–Trinajstić information content (AvgIpc) is 3.86. The highest BCUT2D eigenvalue weighted by molar-refractivity contribution is 7.25. The van der Waals surface area contributed by atoms with Crippen LogP contribution in [0.15, 0.2) is 291 Å². The number of hydrogen-bond donors (Lipinski definition) is 0. The van der Waals surface area contributed by atoms with Crippen LogP contribution in [0.5, 0.6) is 0 Å². The Morgan fingerprint density at radius 1 is 0.200 bits per heavy atom. The van der Waals surface area contributed by atoms with Gasteiger partial charge in [-0.25, -0.2) is 0 Å². The molecule has 0 bridgehead atoms. The molecule has 0 saturated heterocycles. The maximum atomic E-state index is 2.43. The van der Waals surface area contributed by atoms with Crippen molar-refractivity contribution in [3.8, 4) is 44.5 Å². The zero-order valence-electron chi connectivity index (χ0n) is 41.0. The monoisotopic (exact) mass is 972 g/mol. The second-order valence-electron chi connectivity index (χ2n) is 19.3. The maximum Gasteiger partial charge on any atom is 0.0540 e. The van der Waals surface area contributed by atoms with E-state index in [9.17, 15) is 0 Å². The standard InChI is InChI=1S/C72H48N2S/c1-2-15-49(16-3-1)50-33-35-51(36-34-50)54-21-10-24-61(44-54)73(69-30-13-19-52-17-4-6-27-65(52)69)62-25-11-22-55(45-62)56-23-12-26-63(46-56)74(70-31-14-20-53-18-5-7-28-66(53)70)64-41-39-58-43-57(37-38-59(58)47-64)60-40-42-68-67-29-8-9-32-71(67)75-72(68)48-60/h1-48H. The molecule has 0 unspecified atom stereocenters. The fourth-order valence-electron chi connectivity index (χ4n) is 11.1. The van der Waals surface area contributed by atoms with Gasteiger partial charge < -0.3 is 9.80 Å².